The summed E-state index contributed by atoms with van der Waals surface area (Å²) in [5.74, 6) is 5.03. The molecule has 19 heavy (non-hydrogen) atoms. The van der Waals surface area contributed by atoms with E-state index in [-0.39, 0.29) is 5.91 Å². The molecule has 1 unspecified atom stereocenters. The van der Waals surface area contributed by atoms with Crippen molar-refractivity contribution in [2.75, 3.05) is 6.54 Å². The lowest BCUT2D eigenvalue weighted by Gasteiger charge is -2.28. The molecule has 0 saturated heterocycles. The second-order valence-electron chi connectivity index (χ2n) is 4.83. The molecule has 3 N–H and O–H groups in total. The number of hydrogen-bond acceptors (Lipinski definition) is 4. The van der Waals surface area contributed by atoms with Crippen LogP contribution in [0.15, 0.2) is 11.4 Å². The van der Waals surface area contributed by atoms with Gasteiger partial charge in [0, 0.05) is 12.6 Å². The molecule has 0 aliphatic heterocycles. The fourth-order valence-electron chi connectivity index (χ4n) is 2.02. The molecule has 0 radical (unpaired) electrons. The molecule has 0 saturated carbocycles. The maximum absolute atomic E-state index is 11.7. The second kappa shape index (κ2) is 8.30. The summed E-state index contributed by atoms with van der Waals surface area (Å²) < 4.78 is 0. The SMILES string of the molecule is CCCCN(Cc1ccsc1C(=O)NN)C(C)CC. The van der Waals surface area contributed by atoms with Gasteiger partial charge in [0.1, 0.15) is 0 Å². The number of nitrogens with zero attached hydrogens (tertiary/aromatic N) is 1. The molecular weight excluding hydrogens is 258 g/mol. The van der Waals surface area contributed by atoms with Crippen molar-refractivity contribution in [2.45, 2.75) is 52.6 Å². The van der Waals surface area contributed by atoms with E-state index in [1.165, 1.54) is 24.2 Å². The standard InChI is InChI=1S/C14H25N3OS/c1-4-6-8-17(11(3)5-2)10-12-7-9-19-13(12)14(18)16-15/h7,9,11H,4-6,8,10,15H2,1-3H3,(H,16,18). The Morgan fingerprint density at radius 2 is 2.26 bits per heavy atom. The molecule has 1 amide bonds. The molecular formula is C14H25N3OS. The predicted octanol–water partition coefficient (Wildman–Crippen LogP) is 2.75. The summed E-state index contributed by atoms with van der Waals surface area (Å²) >= 11 is 1.45. The van der Waals surface area contributed by atoms with Crippen molar-refractivity contribution in [3.05, 3.63) is 21.9 Å². The third-order valence-corrected chi connectivity index (χ3v) is 4.43. The maximum atomic E-state index is 11.7. The first-order valence-corrected chi connectivity index (χ1v) is 7.83. The van der Waals surface area contributed by atoms with Gasteiger partial charge >= 0.3 is 0 Å². The third kappa shape index (κ3) is 4.60. The van der Waals surface area contributed by atoms with E-state index in [0.717, 1.165) is 30.0 Å². The Labute approximate surface area is 120 Å². The van der Waals surface area contributed by atoms with Gasteiger partial charge in [-0.2, -0.15) is 0 Å². The minimum absolute atomic E-state index is 0.190. The van der Waals surface area contributed by atoms with Gasteiger partial charge < -0.3 is 0 Å². The lowest BCUT2D eigenvalue weighted by Crippen LogP contribution is -2.34. The molecule has 0 aromatic carbocycles. The van der Waals surface area contributed by atoms with E-state index in [9.17, 15) is 4.79 Å². The van der Waals surface area contributed by atoms with E-state index in [1.54, 1.807) is 0 Å². The summed E-state index contributed by atoms with van der Waals surface area (Å²) in [6.07, 6.45) is 3.49. The van der Waals surface area contributed by atoms with Crippen LogP contribution in [0.4, 0.5) is 0 Å². The van der Waals surface area contributed by atoms with Crippen molar-refractivity contribution in [3.8, 4) is 0 Å². The van der Waals surface area contributed by atoms with Crippen molar-refractivity contribution in [2.24, 2.45) is 5.84 Å². The molecule has 0 bridgehead atoms. The molecule has 1 atom stereocenters. The lowest BCUT2D eigenvalue weighted by molar-refractivity contribution is 0.0955. The molecule has 5 heteroatoms. The predicted molar refractivity (Wildman–Crippen MR) is 81.0 cm³/mol. The minimum Gasteiger partial charge on any atom is -0.296 e. The van der Waals surface area contributed by atoms with E-state index in [1.807, 2.05) is 11.4 Å². The molecule has 4 nitrogen and oxygen atoms in total. The van der Waals surface area contributed by atoms with E-state index < -0.39 is 0 Å². The average molecular weight is 283 g/mol. The Bertz CT molecular complexity index is 392. The first-order valence-electron chi connectivity index (χ1n) is 6.95. The first-order chi connectivity index (χ1) is 9.13. The summed E-state index contributed by atoms with van der Waals surface area (Å²) in [5, 5.41) is 1.95. The van der Waals surface area contributed by atoms with E-state index in [0.29, 0.717) is 6.04 Å². The van der Waals surface area contributed by atoms with Crippen molar-refractivity contribution < 1.29 is 4.79 Å². The summed E-state index contributed by atoms with van der Waals surface area (Å²) in [7, 11) is 0. The zero-order chi connectivity index (χ0) is 14.3. The highest BCUT2D eigenvalue weighted by molar-refractivity contribution is 7.12. The van der Waals surface area contributed by atoms with Gasteiger partial charge in [-0.15, -0.1) is 11.3 Å². The number of hydrazine groups is 1. The van der Waals surface area contributed by atoms with Crippen LogP contribution >= 0.6 is 11.3 Å². The van der Waals surface area contributed by atoms with Crippen LogP contribution in [-0.4, -0.2) is 23.4 Å². The highest BCUT2D eigenvalue weighted by Gasteiger charge is 2.17. The van der Waals surface area contributed by atoms with Gasteiger partial charge in [0.2, 0.25) is 0 Å². The van der Waals surface area contributed by atoms with E-state index >= 15 is 0 Å². The van der Waals surface area contributed by atoms with E-state index in [4.69, 9.17) is 5.84 Å². The molecule has 1 aromatic rings. The van der Waals surface area contributed by atoms with Gasteiger partial charge in [-0.3, -0.25) is 15.1 Å². The molecule has 1 rings (SSSR count). The molecule has 0 aliphatic carbocycles. The van der Waals surface area contributed by atoms with Gasteiger partial charge in [0.05, 0.1) is 4.88 Å². The largest absolute Gasteiger partial charge is 0.296 e. The van der Waals surface area contributed by atoms with Gasteiger partial charge in [0.15, 0.2) is 0 Å². The minimum atomic E-state index is -0.190. The van der Waals surface area contributed by atoms with Crippen LogP contribution in [-0.2, 0) is 6.54 Å². The van der Waals surface area contributed by atoms with Gasteiger partial charge in [-0.1, -0.05) is 20.3 Å². The first kappa shape index (κ1) is 16.1. The topological polar surface area (TPSA) is 58.4 Å². The Kier molecular flexibility index (Phi) is 7.05. The van der Waals surface area contributed by atoms with Crippen LogP contribution in [0.5, 0.6) is 0 Å². The average Bonchev–Trinajstić information content (AvgIpc) is 2.89. The maximum Gasteiger partial charge on any atom is 0.275 e. The zero-order valence-electron chi connectivity index (χ0n) is 12.1. The molecule has 0 fully saturated rings. The molecule has 1 heterocycles. The fourth-order valence-corrected chi connectivity index (χ4v) is 2.84. The normalized spacial score (nSPS) is 12.7. The number of nitrogens with two attached hydrogens (primary N) is 1. The van der Waals surface area contributed by atoms with Gasteiger partial charge in [0.25, 0.3) is 5.91 Å². The van der Waals surface area contributed by atoms with Gasteiger partial charge in [-0.25, -0.2) is 5.84 Å². The Balaban J connectivity index is 2.78. The Hall–Kier alpha value is -0.910. The van der Waals surface area contributed by atoms with Crippen LogP contribution in [0.3, 0.4) is 0 Å². The Morgan fingerprint density at radius 1 is 1.53 bits per heavy atom. The number of carbonyl (C=O) groups is 1. The van der Waals surface area contributed by atoms with Crippen LogP contribution in [0.25, 0.3) is 0 Å². The smallest absolute Gasteiger partial charge is 0.275 e. The van der Waals surface area contributed by atoms with Crippen molar-refractivity contribution in [1.29, 1.82) is 0 Å². The number of unbranched alkanes of at least 4 members (excludes halogenated alkanes) is 1. The number of hydrogen-bond donors (Lipinski definition) is 2. The number of amides is 1. The summed E-state index contributed by atoms with van der Waals surface area (Å²) in [4.78, 5) is 14.9. The zero-order valence-corrected chi connectivity index (χ0v) is 12.9. The monoisotopic (exact) mass is 283 g/mol. The number of carbonyl (C=O) groups excluding carboxylic acids is 1. The van der Waals surface area contributed by atoms with Crippen molar-refractivity contribution in [3.63, 3.8) is 0 Å². The number of nitrogens with one attached hydrogen (secondary N) is 1. The van der Waals surface area contributed by atoms with E-state index in [2.05, 4.69) is 31.1 Å². The van der Waals surface area contributed by atoms with Crippen molar-refractivity contribution in [1.82, 2.24) is 10.3 Å². The third-order valence-electron chi connectivity index (χ3n) is 3.47. The number of nitrogen functional groups attached to an aromatic ring is 1. The van der Waals surface area contributed by atoms with Gasteiger partial charge in [-0.05, 0) is 43.3 Å². The lowest BCUT2D eigenvalue weighted by atomic mass is 10.1. The van der Waals surface area contributed by atoms with Crippen LogP contribution in [0, 0.1) is 0 Å². The highest BCUT2D eigenvalue weighted by atomic mass is 32.1. The highest BCUT2D eigenvalue weighted by Crippen LogP contribution is 2.20. The molecule has 0 aliphatic rings. The molecule has 108 valence electrons. The van der Waals surface area contributed by atoms with Crippen molar-refractivity contribution >= 4 is 17.2 Å². The summed E-state index contributed by atoms with van der Waals surface area (Å²) in [5.41, 5.74) is 3.29. The molecule has 0 spiro atoms. The summed E-state index contributed by atoms with van der Waals surface area (Å²) in [6.45, 7) is 8.54. The van der Waals surface area contributed by atoms with Crippen LogP contribution in [0.1, 0.15) is 55.3 Å². The van der Waals surface area contributed by atoms with Crippen LogP contribution < -0.4 is 11.3 Å². The fraction of sp³-hybridized carbons (Fsp3) is 0.643. The van der Waals surface area contributed by atoms with Crippen LogP contribution in [0.2, 0.25) is 0 Å². The quantitative estimate of drug-likeness (QED) is 0.438. The number of rotatable bonds is 8. The Morgan fingerprint density at radius 3 is 2.84 bits per heavy atom. The molecule has 1 aromatic heterocycles. The second-order valence-corrected chi connectivity index (χ2v) is 5.75. The summed E-state index contributed by atoms with van der Waals surface area (Å²) in [6, 6.07) is 2.55. The number of thiophene rings is 1.